The molecule has 4 nitrogen and oxygen atoms in total. The zero-order valence-electron chi connectivity index (χ0n) is 13.3. The third kappa shape index (κ3) is 2.65. The van der Waals surface area contributed by atoms with E-state index in [0.29, 0.717) is 10.9 Å². The Morgan fingerprint density at radius 2 is 2.00 bits per heavy atom. The molecule has 2 aromatic rings. The summed E-state index contributed by atoms with van der Waals surface area (Å²) in [7, 11) is 0. The fourth-order valence-corrected chi connectivity index (χ4v) is 3.55. The van der Waals surface area contributed by atoms with Crippen molar-refractivity contribution in [1.82, 2.24) is 14.7 Å². The van der Waals surface area contributed by atoms with Crippen LogP contribution in [0, 0.1) is 6.92 Å². The Morgan fingerprint density at radius 1 is 1.26 bits per heavy atom. The molecule has 0 spiro atoms. The summed E-state index contributed by atoms with van der Waals surface area (Å²) < 4.78 is 1.88. The summed E-state index contributed by atoms with van der Waals surface area (Å²) in [5, 5.41) is 5.46. The normalized spacial score (nSPS) is 17.7. The Kier molecular flexibility index (Phi) is 3.64. The Balaban J connectivity index is 1.80. The molecule has 0 bridgehead atoms. The second-order valence-electron chi connectivity index (χ2n) is 6.51. The van der Waals surface area contributed by atoms with Crippen molar-refractivity contribution in [2.45, 2.75) is 38.5 Å². The smallest absolute Gasteiger partial charge is 0.257 e. The molecule has 0 atom stereocenters. The van der Waals surface area contributed by atoms with Gasteiger partial charge in [0.25, 0.3) is 5.91 Å². The first-order chi connectivity index (χ1) is 11.1. The molecule has 1 saturated heterocycles. The minimum atomic E-state index is 0.148. The fraction of sp³-hybridized carbons (Fsp3) is 0.444. The number of likely N-dealkylation sites (tertiary alicyclic amines) is 1. The summed E-state index contributed by atoms with van der Waals surface area (Å²) in [6.45, 7) is 3.72. The highest BCUT2D eigenvalue weighted by atomic mass is 35.5. The maximum atomic E-state index is 13.0. The van der Waals surface area contributed by atoms with E-state index in [9.17, 15) is 4.79 Å². The SMILES string of the molecule is Cc1c(C(=O)N2CCCC2)c(C2CC2)nn1-c1cccc(Cl)c1. The minimum Gasteiger partial charge on any atom is -0.339 e. The van der Waals surface area contributed by atoms with E-state index in [1.165, 1.54) is 0 Å². The van der Waals surface area contributed by atoms with E-state index >= 15 is 0 Å². The van der Waals surface area contributed by atoms with Gasteiger partial charge in [-0.25, -0.2) is 4.68 Å². The van der Waals surface area contributed by atoms with Crippen LogP contribution in [0.3, 0.4) is 0 Å². The van der Waals surface area contributed by atoms with Gasteiger partial charge in [0, 0.05) is 24.0 Å². The van der Waals surface area contributed by atoms with E-state index in [4.69, 9.17) is 16.7 Å². The fourth-order valence-electron chi connectivity index (χ4n) is 3.37. The van der Waals surface area contributed by atoms with Gasteiger partial charge in [-0.05, 0) is 50.8 Å². The first kappa shape index (κ1) is 14.8. The largest absolute Gasteiger partial charge is 0.339 e. The van der Waals surface area contributed by atoms with Gasteiger partial charge in [-0.15, -0.1) is 0 Å². The van der Waals surface area contributed by atoms with Gasteiger partial charge in [-0.2, -0.15) is 5.10 Å². The maximum Gasteiger partial charge on any atom is 0.257 e. The number of benzene rings is 1. The number of hydrogen-bond acceptors (Lipinski definition) is 2. The van der Waals surface area contributed by atoms with Crippen LogP contribution in [0.2, 0.25) is 5.02 Å². The van der Waals surface area contributed by atoms with Crippen LogP contribution in [0.25, 0.3) is 5.69 Å². The third-order valence-electron chi connectivity index (χ3n) is 4.77. The van der Waals surface area contributed by atoms with Crippen molar-refractivity contribution in [3.8, 4) is 5.69 Å². The standard InChI is InChI=1S/C18H20ClN3O/c1-12-16(18(23)21-9-2-3-10-21)17(13-7-8-13)20-22(12)15-6-4-5-14(19)11-15/h4-6,11,13H,2-3,7-10H2,1H3. The second-order valence-corrected chi connectivity index (χ2v) is 6.95. The number of halogens is 1. The van der Waals surface area contributed by atoms with E-state index < -0.39 is 0 Å². The van der Waals surface area contributed by atoms with Crippen LogP contribution in [-0.4, -0.2) is 33.7 Å². The van der Waals surface area contributed by atoms with Crippen molar-refractivity contribution in [3.05, 3.63) is 46.2 Å². The van der Waals surface area contributed by atoms with Gasteiger partial charge >= 0.3 is 0 Å². The van der Waals surface area contributed by atoms with Crippen molar-refractivity contribution in [3.63, 3.8) is 0 Å². The summed E-state index contributed by atoms with van der Waals surface area (Å²) in [6.07, 6.45) is 4.47. The summed E-state index contributed by atoms with van der Waals surface area (Å²) in [5.74, 6) is 0.589. The van der Waals surface area contributed by atoms with Gasteiger partial charge in [0.2, 0.25) is 0 Å². The molecule has 120 valence electrons. The predicted octanol–water partition coefficient (Wildman–Crippen LogP) is 3.95. The first-order valence-electron chi connectivity index (χ1n) is 8.30. The molecule has 1 amide bonds. The average molecular weight is 330 g/mol. The lowest BCUT2D eigenvalue weighted by molar-refractivity contribution is 0.0791. The van der Waals surface area contributed by atoms with Crippen molar-refractivity contribution in [1.29, 1.82) is 0 Å². The molecule has 5 heteroatoms. The highest BCUT2D eigenvalue weighted by molar-refractivity contribution is 6.30. The summed E-state index contributed by atoms with van der Waals surface area (Å²) in [4.78, 5) is 14.9. The van der Waals surface area contributed by atoms with Crippen LogP contribution in [-0.2, 0) is 0 Å². The van der Waals surface area contributed by atoms with Gasteiger partial charge in [-0.1, -0.05) is 17.7 Å². The van der Waals surface area contributed by atoms with Gasteiger partial charge < -0.3 is 4.90 Å². The van der Waals surface area contributed by atoms with E-state index in [0.717, 1.165) is 61.4 Å². The number of aromatic nitrogens is 2. The van der Waals surface area contributed by atoms with E-state index in [2.05, 4.69) is 0 Å². The van der Waals surface area contributed by atoms with Gasteiger partial charge in [-0.3, -0.25) is 4.79 Å². The van der Waals surface area contributed by atoms with Crippen LogP contribution in [0.1, 0.15) is 53.3 Å². The number of nitrogens with zero attached hydrogens (tertiary/aromatic N) is 3. The molecule has 0 unspecified atom stereocenters. The number of carbonyl (C=O) groups is 1. The van der Waals surface area contributed by atoms with Crippen molar-refractivity contribution in [2.75, 3.05) is 13.1 Å². The Hall–Kier alpha value is -1.81. The highest BCUT2D eigenvalue weighted by Gasteiger charge is 2.35. The van der Waals surface area contributed by atoms with Gasteiger partial charge in [0.15, 0.2) is 0 Å². The molecule has 1 aliphatic carbocycles. The van der Waals surface area contributed by atoms with Crippen LogP contribution in [0.4, 0.5) is 0 Å². The molecule has 23 heavy (non-hydrogen) atoms. The lowest BCUT2D eigenvalue weighted by Crippen LogP contribution is -2.28. The summed E-state index contributed by atoms with van der Waals surface area (Å²) in [5.41, 5.74) is 3.62. The van der Waals surface area contributed by atoms with Crippen molar-refractivity contribution >= 4 is 17.5 Å². The Bertz CT molecular complexity index is 758. The average Bonchev–Trinajstić information content (AvgIpc) is 3.11. The Labute approximate surface area is 141 Å². The molecule has 2 fully saturated rings. The van der Waals surface area contributed by atoms with E-state index in [1.54, 1.807) is 0 Å². The van der Waals surface area contributed by atoms with Crippen molar-refractivity contribution < 1.29 is 4.79 Å². The number of hydrogen-bond donors (Lipinski definition) is 0. The monoisotopic (exact) mass is 329 g/mol. The number of rotatable bonds is 3. The van der Waals surface area contributed by atoms with Gasteiger partial charge in [0.1, 0.15) is 0 Å². The molecular formula is C18H20ClN3O. The molecule has 1 aromatic carbocycles. The lowest BCUT2D eigenvalue weighted by atomic mass is 10.1. The maximum absolute atomic E-state index is 13.0. The van der Waals surface area contributed by atoms with Crippen LogP contribution >= 0.6 is 11.6 Å². The molecule has 0 radical (unpaired) electrons. The quantitative estimate of drug-likeness (QED) is 0.855. The molecule has 1 aliphatic heterocycles. The molecule has 2 heterocycles. The molecule has 4 rings (SSSR count). The second kappa shape index (κ2) is 5.68. The molecule has 1 saturated carbocycles. The van der Waals surface area contributed by atoms with E-state index in [-0.39, 0.29) is 5.91 Å². The lowest BCUT2D eigenvalue weighted by Gasteiger charge is -2.15. The molecule has 1 aromatic heterocycles. The molecular weight excluding hydrogens is 310 g/mol. The number of amides is 1. The topological polar surface area (TPSA) is 38.1 Å². The first-order valence-corrected chi connectivity index (χ1v) is 8.67. The minimum absolute atomic E-state index is 0.148. The Morgan fingerprint density at radius 3 is 2.65 bits per heavy atom. The van der Waals surface area contributed by atoms with E-state index in [1.807, 2.05) is 40.8 Å². The van der Waals surface area contributed by atoms with Crippen LogP contribution < -0.4 is 0 Å². The zero-order chi connectivity index (χ0) is 16.0. The summed E-state index contributed by atoms with van der Waals surface area (Å²) in [6, 6.07) is 7.63. The third-order valence-corrected chi connectivity index (χ3v) is 5.00. The zero-order valence-corrected chi connectivity index (χ0v) is 14.0. The van der Waals surface area contributed by atoms with Crippen LogP contribution in [0.5, 0.6) is 0 Å². The van der Waals surface area contributed by atoms with Crippen molar-refractivity contribution in [2.24, 2.45) is 0 Å². The predicted molar refractivity (Wildman–Crippen MR) is 90.4 cm³/mol. The van der Waals surface area contributed by atoms with Gasteiger partial charge in [0.05, 0.1) is 22.6 Å². The molecule has 2 aliphatic rings. The number of carbonyl (C=O) groups excluding carboxylic acids is 1. The van der Waals surface area contributed by atoms with Crippen LogP contribution in [0.15, 0.2) is 24.3 Å². The molecule has 0 N–H and O–H groups in total. The highest BCUT2D eigenvalue weighted by Crippen LogP contribution is 2.42. The summed E-state index contributed by atoms with van der Waals surface area (Å²) >= 11 is 6.12.